The highest BCUT2D eigenvalue weighted by Crippen LogP contribution is 2.27. The molecule has 0 spiro atoms. The SMILES string of the molecule is CCCCOC(=O)NCc1cccc(-c2ccc(C=O)s2)c1. The molecule has 1 heterocycles. The van der Waals surface area contributed by atoms with E-state index in [1.807, 2.05) is 43.3 Å². The minimum absolute atomic E-state index is 0.391. The number of alkyl carbamates (subject to hydrolysis) is 1. The maximum Gasteiger partial charge on any atom is 0.407 e. The molecule has 0 saturated heterocycles. The molecule has 4 nitrogen and oxygen atoms in total. The van der Waals surface area contributed by atoms with Gasteiger partial charge in [-0.05, 0) is 35.7 Å². The van der Waals surface area contributed by atoms with Gasteiger partial charge < -0.3 is 10.1 Å². The number of hydrogen-bond donors (Lipinski definition) is 1. The van der Waals surface area contributed by atoms with E-state index in [0.29, 0.717) is 18.0 Å². The number of amides is 1. The van der Waals surface area contributed by atoms with E-state index >= 15 is 0 Å². The monoisotopic (exact) mass is 317 g/mol. The Balaban J connectivity index is 1.94. The Morgan fingerprint density at radius 2 is 2.18 bits per heavy atom. The van der Waals surface area contributed by atoms with Crippen LogP contribution in [0.1, 0.15) is 35.0 Å². The van der Waals surface area contributed by atoms with Crippen LogP contribution in [0, 0.1) is 0 Å². The Hall–Kier alpha value is -2.14. The van der Waals surface area contributed by atoms with Gasteiger partial charge in [0.1, 0.15) is 0 Å². The van der Waals surface area contributed by atoms with Gasteiger partial charge in [-0.1, -0.05) is 31.5 Å². The lowest BCUT2D eigenvalue weighted by molar-refractivity contribution is 0.112. The minimum atomic E-state index is -0.391. The third-order valence-electron chi connectivity index (χ3n) is 3.12. The van der Waals surface area contributed by atoms with Crippen molar-refractivity contribution in [3.63, 3.8) is 0 Å². The van der Waals surface area contributed by atoms with Gasteiger partial charge in [-0.3, -0.25) is 4.79 Å². The van der Waals surface area contributed by atoms with Gasteiger partial charge in [-0.15, -0.1) is 11.3 Å². The number of nitrogens with one attached hydrogen (secondary N) is 1. The quantitative estimate of drug-likeness (QED) is 0.613. The summed E-state index contributed by atoms with van der Waals surface area (Å²) < 4.78 is 5.05. The predicted molar refractivity (Wildman–Crippen MR) is 88.2 cm³/mol. The largest absolute Gasteiger partial charge is 0.450 e. The summed E-state index contributed by atoms with van der Waals surface area (Å²) in [4.78, 5) is 24.0. The van der Waals surface area contributed by atoms with Gasteiger partial charge in [0.2, 0.25) is 0 Å². The molecule has 116 valence electrons. The van der Waals surface area contributed by atoms with Gasteiger partial charge in [0.15, 0.2) is 6.29 Å². The molecule has 22 heavy (non-hydrogen) atoms. The van der Waals surface area contributed by atoms with Crippen LogP contribution < -0.4 is 5.32 Å². The molecular formula is C17H19NO3S. The van der Waals surface area contributed by atoms with Gasteiger partial charge in [-0.25, -0.2) is 4.79 Å². The van der Waals surface area contributed by atoms with E-state index in [-0.39, 0.29) is 0 Å². The molecule has 0 atom stereocenters. The average molecular weight is 317 g/mol. The Kier molecular flexibility index (Phi) is 6.15. The summed E-state index contributed by atoms with van der Waals surface area (Å²) in [5.41, 5.74) is 2.03. The molecule has 1 N–H and O–H groups in total. The topological polar surface area (TPSA) is 55.4 Å². The third kappa shape index (κ3) is 4.70. The lowest BCUT2D eigenvalue weighted by atomic mass is 10.1. The van der Waals surface area contributed by atoms with Crippen molar-refractivity contribution in [3.8, 4) is 10.4 Å². The zero-order chi connectivity index (χ0) is 15.8. The molecule has 0 saturated carbocycles. The smallest absolute Gasteiger partial charge is 0.407 e. The number of thiophene rings is 1. The summed E-state index contributed by atoms with van der Waals surface area (Å²) in [5, 5.41) is 2.74. The van der Waals surface area contributed by atoms with Crippen molar-refractivity contribution >= 4 is 23.7 Å². The number of carbonyl (C=O) groups excluding carboxylic acids is 2. The van der Waals surface area contributed by atoms with E-state index in [1.165, 1.54) is 11.3 Å². The molecule has 0 bridgehead atoms. The Morgan fingerprint density at radius 3 is 2.91 bits per heavy atom. The number of benzene rings is 1. The maximum atomic E-state index is 11.5. The first-order valence-electron chi connectivity index (χ1n) is 7.28. The number of rotatable bonds is 7. The summed E-state index contributed by atoms with van der Waals surface area (Å²) in [6, 6.07) is 11.6. The molecule has 2 rings (SSSR count). The molecule has 0 aliphatic rings. The fraction of sp³-hybridized carbons (Fsp3) is 0.294. The Bertz CT molecular complexity index is 636. The van der Waals surface area contributed by atoms with Crippen LogP contribution in [-0.4, -0.2) is 19.0 Å². The van der Waals surface area contributed by atoms with E-state index in [2.05, 4.69) is 5.32 Å². The Morgan fingerprint density at radius 1 is 1.32 bits per heavy atom. The second-order valence-corrected chi connectivity index (χ2v) is 5.98. The number of unbranched alkanes of at least 4 members (excludes halogenated alkanes) is 1. The van der Waals surface area contributed by atoms with E-state index in [1.54, 1.807) is 0 Å². The van der Waals surface area contributed by atoms with E-state index in [4.69, 9.17) is 4.74 Å². The molecule has 0 aliphatic heterocycles. The van der Waals surface area contributed by atoms with Crippen LogP contribution in [0.2, 0.25) is 0 Å². The molecule has 1 aromatic heterocycles. The molecule has 0 fully saturated rings. The van der Waals surface area contributed by atoms with Crippen molar-refractivity contribution < 1.29 is 14.3 Å². The number of ether oxygens (including phenoxy) is 1. The maximum absolute atomic E-state index is 11.5. The number of carbonyl (C=O) groups is 2. The zero-order valence-corrected chi connectivity index (χ0v) is 13.3. The van der Waals surface area contributed by atoms with Crippen molar-refractivity contribution in [2.75, 3.05) is 6.61 Å². The first-order chi connectivity index (χ1) is 10.7. The fourth-order valence-corrected chi connectivity index (χ4v) is 2.76. The average Bonchev–Trinajstić information content (AvgIpc) is 3.03. The van der Waals surface area contributed by atoms with Crippen LogP contribution >= 0.6 is 11.3 Å². The molecule has 0 unspecified atom stereocenters. The minimum Gasteiger partial charge on any atom is -0.450 e. The summed E-state index contributed by atoms with van der Waals surface area (Å²) in [6.45, 7) is 2.92. The summed E-state index contributed by atoms with van der Waals surface area (Å²) >= 11 is 1.45. The van der Waals surface area contributed by atoms with Crippen molar-refractivity contribution in [2.45, 2.75) is 26.3 Å². The molecule has 0 aliphatic carbocycles. The molecule has 1 amide bonds. The van der Waals surface area contributed by atoms with Crippen LogP contribution in [0.15, 0.2) is 36.4 Å². The summed E-state index contributed by atoms with van der Waals surface area (Å²) in [6.07, 6.45) is 2.34. The van der Waals surface area contributed by atoms with Crippen LogP contribution in [0.3, 0.4) is 0 Å². The van der Waals surface area contributed by atoms with E-state index < -0.39 is 6.09 Å². The molecule has 5 heteroatoms. The second kappa shape index (κ2) is 8.34. The van der Waals surface area contributed by atoms with Crippen molar-refractivity contribution in [1.82, 2.24) is 5.32 Å². The highest BCUT2D eigenvalue weighted by molar-refractivity contribution is 7.17. The number of hydrogen-bond acceptors (Lipinski definition) is 4. The van der Waals surface area contributed by atoms with Crippen LogP contribution in [0.5, 0.6) is 0 Å². The summed E-state index contributed by atoms with van der Waals surface area (Å²) in [7, 11) is 0. The van der Waals surface area contributed by atoms with Crippen molar-refractivity contribution in [2.24, 2.45) is 0 Å². The van der Waals surface area contributed by atoms with Crippen LogP contribution in [0.25, 0.3) is 10.4 Å². The third-order valence-corrected chi connectivity index (χ3v) is 4.18. The van der Waals surface area contributed by atoms with E-state index in [9.17, 15) is 9.59 Å². The van der Waals surface area contributed by atoms with Gasteiger partial charge >= 0.3 is 6.09 Å². The zero-order valence-electron chi connectivity index (χ0n) is 12.5. The second-order valence-electron chi connectivity index (χ2n) is 4.86. The summed E-state index contributed by atoms with van der Waals surface area (Å²) in [5.74, 6) is 0. The van der Waals surface area contributed by atoms with Crippen LogP contribution in [-0.2, 0) is 11.3 Å². The number of aldehydes is 1. The van der Waals surface area contributed by atoms with Gasteiger partial charge in [0, 0.05) is 11.4 Å². The molecule has 0 radical (unpaired) electrons. The van der Waals surface area contributed by atoms with Crippen LogP contribution in [0.4, 0.5) is 4.79 Å². The molecule has 2 aromatic rings. The van der Waals surface area contributed by atoms with Crippen molar-refractivity contribution in [3.05, 3.63) is 46.8 Å². The Labute approximate surface area is 134 Å². The fourth-order valence-electron chi connectivity index (χ4n) is 1.94. The van der Waals surface area contributed by atoms with Gasteiger partial charge in [0.25, 0.3) is 0 Å². The first-order valence-corrected chi connectivity index (χ1v) is 8.09. The normalized spacial score (nSPS) is 10.2. The van der Waals surface area contributed by atoms with E-state index in [0.717, 1.165) is 35.1 Å². The van der Waals surface area contributed by atoms with Crippen molar-refractivity contribution in [1.29, 1.82) is 0 Å². The lowest BCUT2D eigenvalue weighted by Gasteiger charge is -2.07. The predicted octanol–water partition coefficient (Wildman–Crippen LogP) is 4.25. The van der Waals surface area contributed by atoms with Gasteiger partial charge in [-0.2, -0.15) is 0 Å². The lowest BCUT2D eigenvalue weighted by Crippen LogP contribution is -2.24. The first kappa shape index (κ1) is 16.2. The highest BCUT2D eigenvalue weighted by Gasteiger charge is 2.05. The molecule has 1 aromatic carbocycles. The standard InChI is InChI=1S/C17H19NO3S/c1-2-3-9-21-17(20)18-11-13-5-4-6-14(10-13)16-8-7-15(12-19)22-16/h4-8,10,12H,2-3,9,11H2,1H3,(H,18,20). The van der Waals surface area contributed by atoms with Gasteiger partial charge in [0.05, 0.1) is 11.5 Å². The highest BCUT2D eigenvalue weighted by atomic mass is 32.1. The molecular weight excluding hydrogens is 298 g/mol.